The summed E-state index contributed by atoms with van der Waals surface area (Å²) < 4.78 is 18.9. The maximum Gasteiger partial charge on any atom is 0.250 e. The summed E-state index contributed by atoms with van der Waals surface area (Å²) in [5, 5.41) is 1.61. The Morgan fingerprint density at radius 3 is 2.28 bits per heavy atom. The summed E-state index contributed by atoms with van der Waals surface area (Å²) in [5.74, 6) is 2.03. The van der Waals surface area contributed by atoms with Crippen molar-refractivity contribution < 1.29 is 14.2 Å². The summed E-state index contributed by atoms with van der Waals surface area (Å²) in [5.41, 5.74) is 5.59. The molecule has 46 heavy (non-hydrogen) atoms. The van der Waals surface area contributed by atoms with Crippen LogP contribution in [0.2, 0.25) is 0 Å². The highest BCUT2D eigenvalue weighted by atomic mass is 32.2. The molecule has 0 radical (unpaired) electrons. The van der Waals surface area contributed by atoms with Gasteiger partial charge in [0.05, 0.1) is 44.7 Å². The molecule has 6 aromatic rings. The molecule has 1 atom stereocenters. The van der Waals surface area contributed by atoms with Crippen LogP contribution in [0.4, 0.5) is 0 Å². The molecule has 6 rings (SSSR count). The Morgan fingerprint density at radius 1 is 0.761 bits per heavy atom. The highest BCUT2D eigenvalue weighted by Gasteiger charge is 2.16. The maximum absolute atomic E-state index is 12.9. The Bertz CT molecular complexity index is 1970. The first kappa shape index (κ1) is 31.1. The van der Waals surface area contributed by atoms with E-state index in [9.17, 15) is 4.79 Å². The van der Waals surface area contributed by atoms with Crippen LogP contribution in [0.5, 0.6) is 11.5 Å². The van der Waals surface area contributed by atoms with Crippen molar-refractivity contribution in [1.29, 1.82) is 0 Å². The zero-order chi connectivity index (χ0) is 31.7. The quantitative estimate of drug-likeness (QED) is 0.0948. The van der Waals surface area contributed by atoms with Crippen LogP contribution in [-0.2, 0) is 17.9 Å². The monoisotopic (exact) mass is 629 g/mol. The van der Waals surface area contributed by atoms with E-state index in [0.29, 0.717) is 29.8 Å². The molecule has 0 fully saturated rings. The van der Waals surface area contributed by atoms with E-state index in [1.165, 1.54) is 0 Å². The zero-order valence-electron chi connectivity index (χ0n) is 25.8. The summed E-state index contributed by atoms with van der Waals surface area (Å²) >= 11 is 1.61. The van der Waals surface area contributed by atoms with Crippen molar-refractivity contribution in [3.8, 4) is 22.8 Å². The van der Waals surface area contributed by atoms with E-state index in [4.69, 9.17) is 24.2 Å². The number of hydrogen-bond donors (Lipinski definition) is 0. The number of ether oxygens (including phenoxy) is 3. The predicted octanol–water partition coefficient (Wildman–Crippen LogP) is 7.96. The van der Waals surface area contributed by atoms with Crippen LogP contribution < -0.4 is 15.0 Å². The molecule has 0 aliphatic rings. The third-order valence-electron chi connectivity index (χ3n) is 7.72. The molecule has 2 heterocycles. The fraction of sp³-hybridized carbons (Fsp3) is 0.184. The number of fused-ring (bicyclic) bond motifs is 1. The minimum atomic E-state index is -0.103. The lowest BCUT2D eigenvalue weighted by molar-refractivity contribution is 0.0379. The molecule has 232 valence electrons. The summed E-state index contributed by atoms with van der Waals surface area (Å²) in [6, 6.07) is 37.7. The van der Waals surface area contributed by atoms with E-state index in [2.05, 4.69) is 24.3 Å². The van der Waals surface area contributed by atoms with Gasteiger partial charge in [0.25, 0.3) is 5.56 Å². The maximum atomic E-state index is 12.9. The standard InChI is InChI=1S/C38H35N3O4S/c1-43-34-19-17-28(23-35(34)44-2)24-41-25-30(18-20-36(41)42)37-31-15-9-10-16-32(31)39-38(40-37)46-22-21-33(29-13-7-4-8-14-29)45-26-27-11-5-3-6-12-27/h3-20,23,25,33H,21-22,24,26H2,1-2H3. The first-order valence-electron chi connectivity index (χ1n) is 15.1. The Labute approximate surface area is 272 Å². The van der Waals surface area contributed by atoms with Crippen molar-refractivity contribution in [1.82, 2.24) is 14.5 Å². The van der Waals surface area contributed by atoms with Gasteiger partial charge in [0.15, 0.2) is 16.7 Å². The van der Waals surface area contributed by atoms with Crippen molar-refractivity contribution in [3.63, 3.8) is 0 Å². The number of nitrogens with zero attached hydrogens (tertiary/aromatic N) is 3. The molecule has 8 heteroatoms. The molecule has 0 saturated carbocycles. The second-order valence-electron chi connectivity index (χ2n) is 10.8. The van der Waals surface area contributed by atoms with Gasteiger partial charge in [0, 0.05) is 29.0 Å². The van der Waals surface area contributed by atoms with Crippen LogP contribution in [0.25, 0.3) is 22.2 Å². The average molecular weight is 630 g/mol. The molecule has 0 spiro atoms. The first-order valence-corrected chi connectivity index (χ1v) is 16.1. The van der Waals surface area contributed by atoms with E-state index in [0.717, 1.165) is 51.0 Å². The molecule has 0 N–H and O–H groups in total. The summed E-state index contributed by atoms with van der Waals surface area (Å²) in [6.07, 6.45) is 2.60. The van der Waals surface area contributed by atoms with Crippen molar-refractivity contribution in [3.05, 3.63) is 149 Å². The summed E-state index contributed by atoms with van der Waals surface area (Å²) in [7, 11) is 3.20. The SMILES string of the molecule is COc1ccc(Cn2cc(-c3nc(SCCC(OCc4ccccc4)c4ccccc4)nc4ccccc34)ccc2=O)cc1OC. The average Bonchev–Trinajstić information content (AvgIpc) is 3.11. The van der Waals surface area contributed by atoms with Gasteiger partial charge in [-0.15, -0.1) is 0 Å². The van der Waals surface area contributed by atoms with E-state index in [1.807, 2.05) is 91.1 Å². The molecule has 0 bridgehead atoms. The van der Waals surface area contributed by atoms with Gasteiger partial charge < -0.3 is 18.8 Å². The first-order chi connectivity index (χ1) is 22.6. The molecular formula is C38H35N3O4S. The number of hydrogen-bond acceptors (Lipinski definition) is 7. The van der Waals surface area contributed by atoms with Crippen LogP contribution >= 0.6 is 11.8 Å². The number of aromatic nitrogens is 3. The van der Waals surface area contributed by atoms with Crippen molar-refractivity contribution in [2.75, 3.05) is 20.0 Å². The molecule has 2 aromatic heterocycles. The van der Waals surface area contributed by atoms with Gasteiger partial charge in [-0.3, -0.25) is 4.79 Å². The third kappa shape index (κ3) is 7.47. The molecule has 1 unspecified atom stereocenters. The van der Waals surface area contributed by atoms with E-state index < -0.39 is 0 Å². The second kappa shape index (κ2) is 14.9. The van der Waals surface area contributed by atoms with Gasteiger partial charge in [-0.2, -0.15) is 0 Å². The van der Waals surface area contributed by atoms with Gasteiger partial charge in [-0.25, -0.2) is 9.97 Å². The van der Waals surface area contributed by atoms with Gasteiger partial charge >= 0.3 is 0 Å². The van der Waals surface area contributed by atoms with Crippen LogP contribution in [0.1, 0.15) is 29.2 Å². The van der Waals surface area contributed by atoms with Gasteiger partial charge in [-0.05, 0) is 47.4 Å². The largest absolute Gasteiger partial charge is 0.493 e. The fourth-order valence-electron chi connectivity index (χ4n) is 5.35. The smallest absolute Gasteiger partial charge is 0.250 e. The molecule has 4 aromatic carbocycles. The molecule has 0 aliphatic carbocycles. The summed E-state index contributed by atoms with van der Waals surface area (Å²) in [6.45, 7) is 0.919. The number of methoxy groups -OCH3 is 2. The lowest BCUT2D eigenvalue weighted by Crippen LogP contribution is -2.19. The van der Waals surface area contributed by atoms with Crippen LogP contribution in [0, 0.1) is 0 Å². The van der Waals surface area contributed by atoms with Crippen molar-refractivity contribution >= 4 is 22.7 Å². The molecule has 7 nitrogen and oxygen atoms in total. The van der Waals surface area contributed by atoms with E-state index in [1.54, 1.807) is 36.6 Å². The van der Waals surface area contributed by atoms with Crippen LogP contribution in [0.15, 0.2) is 131 Å². The lowest BCUT2D eigenvalue weighted by atomic mass is 10.1. The second-order valence-corrected chi connectivity index (χ2v) is 11.8. The zero-order valence-corrected chi connectivity index (χ0v) is 26.7. The van der Waals surface area contributed by atoms with E-state index in [-0.39, 0.29) is 11.7 Å². The molecular weight excluding hydrogens is 595 g/mol. The summed E-state index contributed by atoms with van der Waals surface area (Å²) in [4.78, 5) is 22.8. The Balaban J connectivity index is 1.24. The highest BCUT2D eigenvalue weighted by Crippen LogP contribution is 2.31. The minimum Gasteiger partial charge on any atom is -0.493 e. The van der Waals surface area contributed by atoms with Crippen LogP contribution in [-0.4, -0.2) is 34.5 Å². The number of para-hydroxylation sites is 1. The number of benzene rings is 4. The predicted molar refractivity (Wildman–Crippen MR) is 184 cm³/mol. The normalized spacial score (nSPS) is 11.8. The minimum absolute atomic E-state index is 0.0611. The number of thioether (sulfide) groups is 1. The Morgan fingerprint density at radius 2 is 1.50 bits per heavy atom. The Kier molecular flexibility index (Phi) is 10.1. The van der Waals surface area contributed by atoms with Gasteiger partial charge in [0.1, 0.15) is 0 Å². The van der Waals surface area contributed by atoms with Crippen molar-refractivity contribution in [2.45, 2.75) is 30.8 Å². The topological polar surface area (TPSA) is 75.5 Å². The van der Waals surface area contributed by atoms with Gasteiger partial charge in [0.2, 0.25) is 0 Å². The molecule has 0 aliphatic heterocycles. The molecule has 0 amide bonds. The van der Waals surface area contributed by atoms with E-state index >= 15 is 0 Å². The number of rotatable bonds is 13. The Hall–Kier alpha value is -4.92. The lowest BCUT2D eigenvalue weighted by Gasteiger charge is -2.18. The van der Waals surface area contributed by atoms with Gasteiger partial charge in [-0.1, -0.05) is 96.7 Å². The van der Waals surface area contributed by atoms with Crippen LogP contribution in [0.3, 0.4) is 0 Å². The highest BCUT2D eigenvalue weighted by molar-refractivity contribution is 7.99. The fourth-order valence-corrected chi connectivity index (χ4v) is 6.19. The third-order valence-corrected chi connectivity index (χ3v) is 8.60. The molecule has 0 saturated heterocycles. The number of pyridine rings is 1. The van der Waals surface area contributed by atoms with Crippen molar-refractivity contribution in [2.24, 2.45) is 0 Å².